The largest absolute Gasteiger partial charge is 0.454 e. The summed E-state index contributed by atoms with van der Waals surface area (Å²) in [5, 5.41) is 1.73. The lowest BCUT2D eigenvalue weighted by molar-refractivity contribution is 0.0746. The average molecular weight is 625 g/mol. The Kier molecular flexibility index (Phi) is 7.89. The number of halogens is 1. The zero-order valence-electron chi connectivity index (χ0n) is 23.8. The van der Waals surface area contributed by atoms with Gasteiger partial charge in [-0.3, -0.25) is 14.2 Å². The molecule has 4 aromatic carbocycles. The van der Waals surface area contributed by atoms with Gasteiger partial charge in [0.25, 0.3) is 11.5 Å². The molecule has 1 saturated heterocycles. The number of rotatable bonds is 7. The molecule has 8 nitrogen and oxygen atoms in total. The highest BCUT2D eigenvalue weighted by Crippen LogP contribution is 2.35. The lowest BCUT2D eigenvalue weighted by atomic mass is 10.1. The van der Waals surface area contributed by atoms with Crippen molar-refractivity contribution in [2.45, 2.75) is 17.5 Å². The first-order valence-corrected chi connectivity index (χ1v) is 15.8. The van der Waals surface area contributed by atoms with Crippen molar-refractivity contribution in [3.8, 4) is 11.5 Å². The average Bonchev–Trinajstić information content (AvgIpc) is 3.53. The number of fused-ring (bicyclic) bond motifs is 2. The lowest BCUT2D eigenvalue weighted by Gasteiger charge is -2.36. The van der Waals surface area contributed by atoms with E-state index in [9.17, 15) is 9.59 Å². The Morgan fingerprint density at radius 3 is 2.25 bits per heavy atom. The number of aromatic nitrogens is 2. The SMILES string of the molecule is O=C(c1ccc(Cn2c(SCc3ccc(Cl)cc3)nc3cc4c(cc3c2=O)OCO4)cc1)N1CCN(c2ccccc2)CC1. The molecular formula is C34H29ClN4O4S. The van der Waals surface area contributed by atoms with Gasteiger partial charge in [0.2, 0.25) is 6.79 Å². The highest BCUT2D eigenvalue weighted by atomic mass is 35.5. The summed E-state index contributed by atoms with van der Waals surface area (Å²) in [6.07, 6.45) is 0. The van der Waals surface area contributed by atoms with Gasteiger partial charge >= 0.3 is 0 Å². The number of amides is 1. The molecule has 0 N–H and O–H groups in total. The summed E-state index contributed by atoms with van der Waals surface area (Å²) in [6.45, 7) is 3.35. The molecule has 0 bridgehead atoms. The predicted molar refractivity (Wildman–Crippen MR) is 173 cm³/mol. The van der Waals surface area contributed by atoms with E-state index in [1.807, 2.05) is 71.6 Å². The second kappa shape index (κ2) is 12.3. The molecule has 0 unspecified atom stereocenters. The van der Waals surface area contributed by atoms with E-state index in [4.69, 9.17) is 26.1 Å². The zero-order valence-corrected chi connectivity index (χ0v) is 25.4. The zero-order chi connectivity index (χ0) is 30.0. The number of carbonyl (C=O) groups excluding carboxylic acids is 1. The molecule has 3 heterocycles. The quantitative estimate of drug-likeness (QED) is 0.160. The Morgan fingerprint density at radius 1 is 0.841 bits per heavy atom. The molecule has 2 aliphatic rings. The molecule has 0 atom stereocenters. The van der Waals surface area contributed by atoms with Crippen LogP contribution in [0.25, 0.3) is 10.9 Å². The van der Waals surface area contributed by atoms with E-state index in [1.54, 1.807) is 16.7 Å². The van der Waals surface area contributed by atoms with Gasteiger partial charge in [-0.15, -0.1) is 0 Å². The van der Waals surface area contributed by atoms with Crippen molar-refractivity contribution in [3.63, 3.8) is 0 Å². The third-order valence-corrected chi connectivity index (χ3v) is 9.22. The Labute approximate surface area is 263 Å². The van der Waals surface area contributed by atoms with Crippen LogP contribution >= 0.6 is 23.4 Å². The van der Waals surface area contributed by atoms with Crippen LogP contribution in [0.3, 0.4) is 0 Å². The predicted octanol–water partition coefficient (Wildman–Crippen LogP) is 6.08. The molecule has 2 aliphatic heterocycles. The Hall–Kier alpha value is -4.47. The van der Waals surface area contributed by atoms with Crippen LogP contribution in [-0.4, -0.2) is 53.3 Å². The number of ether oxygens (including phenoxy) is 2. The van der Waals surface area contributed by atoms with Gasteiger partial charge in [0.05, 0.1) is 17.4 Å². The van der Waals surface area contributed by atoms with Gasteiger partial charge in [0, 0.05) is 54.3 Å². The number of carbonyl (C=O) groups is 1. The molecule has 5 aromatic rings. The number of benzene rings is 4. The van der Waals surface area contributed by atoms with Crippen molar-refractivity contribution in [1.29, 1.82) is 0 Å². The summed E-state index contributed by atoms with van der Waals surface area (Å²) in [7, 11) is 0. The molecule has 0 spiro atoms. The molecule has 1 amide bonds. The molecule has 0 aliphatic carbocycles. The maximum absolute atomic E-state index is 13.9. The summed E-state index contributed by atoms with van der Waals surface area (Å²) in [4.78, 5) is 36.2. The fraction of sp³-hybridized carbons (Fsp3) is 0.206. The molecule has 1 fully saturated rings. The molecule has 7 rings (SSSR count). The van der Waals surface area contributed by atoms with Crippen molar-refractivity contribution in [3.05, 3.63) is 123 Å². The number of thioether (sulfide) groups is 1. The van der Waals surface area contributed by atoms with Crippen LogP contribution in [0.1, 0.15) is 21.5 Å². The minimum atomic E-state index is -0.164. The highest BCUT2D eigenvalue weighted by molar-refractivity contribution is 7.98. The number of anilines is 1. The van der Waals surface area contributed by atoms with E-state index >= 15 is 0 Å². The second-order valence-corrected chi connectivity index (χ2v) is 12.1. The van der Waals surface area contributed by atoms with Crippen molar-refractivity contribution >= 4 is 45.9 Å². The number of piperazine rings is 1. The summed E-state index contributed by atoms with van der Waals surface area (Å²) < 4.78 is 12.7. The molecule has 10 heteroatoms. The van der Waals surface area contributed by atoms with Crippen LogP contribution in [0.15, 0.2) is 101 Å². The van der Waals surface area contributed by atoms with Gasteiger partial charge in [0.15, 0.2) is 16.7 Å². The number of hydrogen-bond acceptors (Lipinski definition) is 7. The number of para-hydroxylation sites is 1. The first-order valence-electron chi connectivity index (χ1n) is 14.4. The maximum Gasteiger partial charge on any atom is 0.262 e. The molecular weight excluding hydrogens is 596 g/mol. The summed E-state index contributed by atoms with van der Waals surface area (Å²) in [6, 6.07) is 28.9. The molecule has 222 valence electrons. The Bertz CT molecular complexity index is 1870. The van der Waals surface area contributed by atoms with Crippen molar-refractivity contribution in [2.75, 3.05) is 37.9 Å². The third kappa shape index (κ3) is 5.85. The van der Waals surface area contributed by atoms with Gasteiger partial charge in [-0.2, -0.15) is 0 Å². The second-order valence-electron chi connectivity index (χ2n) is 10.7. The van der Waals surface area contributed by atoms with Gasteiger partial charge < -0.3 is 19.3 Å². The van der Waals surface area contributed by atoms with Gasteiger partial charge in [-0.05, 0) is 53.6 Å². The van der Waals surface area contributed by atoms with Crippen molar-refractivity contribution in [2.24, 2.45) is 0 Å². The van der Waals surface area contributed by atoms with Crippen LogP contribution in [-0.2, 0) is 12.3 Å². The van der Waals surface area contributed by atoms with Crippen molar-refractivity contribution in [1.82, 2.24) is 14.5 Å². The monoisotopic (exact) mass is 624 g/mol. The molecule has 0 saturated carbocycles. The topological polar surface area (TPSA) is 76.9 Å². The number of hydrogen-bond donors (Lipinski definition) is 0. The summed E-state index contributed by atoms with van der Waals surface area (Å²) >= 11 is 7.55. The first-order chi connectivity index (χ1) is 21.5. The molecule has 0 radical (unpaired) electrons. The van der Waals surface area contributed by atoms with Crippen LogP contribution < -0.4 is 19.9 Å². The normalized spacial score (nSPS) is 14.3. The van der Waals surface area contributed by atoms with Gasteiger partial charge in [-0.1, -0.05) is 65.8 Å². The fourth-order valence-corrected chi connectivity index (χ4v) is 6.57. The van der Waals surface area contributed by atoms with E-state index in [0.717, 1.165) is 24.2 Å². The Balaban J connectivity index is 1.11. The maximum atomic E-state index is 13.9. The highest BCUT2D eigenvalue weighted by Gasteiger charge is 2.23. The van der Waals surface area contributed by atoms with E-state index in [1.165, 1.54) is 17.4 Å². The van der Waals surface area contributed by atoms with E-state index in [2.05, 4.69) is 17.0 Å². The lowest BCUT2D eigenvalue weighted by Crippen LogP contribution is -2.48. The van der Waals surface area contributed by atoms with E-state index in [-0.39, 0.29) is 18.3 Å². The van der Waals surface area contributed by atoms with E-state index in [0.29, 0.717) is 63.5 Å². The minimum Gasteiger partial charge on any atom is -0.454 e. The number of nitrogens with zero attached hydrogens (tertiary/aromatic N) is 4. The minimum absolute atomic E-state index is 0.0177. The smallest absolute Gasteiger partial charge is 0.262 e. The van der Waals surface area contributed by atoms with Gasteiger partial charge in [0.1, 0.15) is 0 Å². The summed E-state index contributed by atoms with van der Waals surface area (Å²) in [5.74, 6) is 1.75. The van der Waals surface area contributed by atoms with Crippen LogP contribution in [0.4, 0.5) is 5.69 Å². The van der Waals surface area contributed by atoms with Gasteiger partial charge in [-0.25, -0.2) is 4.98 Å². The first kappa shape index (κ1) is 28.3. The fourth-order valence-electron chi connectivity index (χ4n) is 5.49. The van der Waals surface area contributed by atoms with E-state index < -0.39 is 0 Å². The standard InChI is InChI=1S/C34H29ClN4O4S/c35-26-12-8-24(9-13-26)21-44-34-36-29-19-31-30(42-22-43-31)18-28(29)33(41)39(34)20-23-6-10-25(11-7-23)32(40)38-16-14-37(15-17-38)27-4-2-1-3-5-27/h1-13,18-19H,14-17,20-22H2. The summed E-state index contributed by atoms with van der Waals surface area (Å²) in [5.41, 5.74) is 4.17. The third-order valence-electron chi connectivity index (χ3n) is 7.92. The van der Waals surface area contributed by atoms with Crippen LogP contribution in [0.2, 0.25) is 5.02 Å². The molecule has 44 heavy (non-hydrogen) atoms. The molecule has 1 aromatic heterocycles. The van der Waals surface area contributed by atoms with Crippen LogP contribution in [0, 0.1) is 0 Å². The van der Waals surface area contributed by atoms with Crippen LogP contribution in [0.5, 0.6) is 11.5 Å². The Morgan fingerprint density at radius 2 is 1.52 bits per heavy atom. The van der Waals surface area contributed by atoms with Crippen molar-refractivity contribution < 1.29 is 14.3 Å².